The first-order valence-electron chi connectivity index (χ1n) is 15.2. The molecule has 234 valence electrons. The summed E-state index contributed by atoms with van der Waals surface area (Å²) in [6.07, 6.45) is 1.79. The van der Waals surface area contributed by atoms with Crippen molar-refractivity contribution in [2.24, 2.45) is 0 Å². The van der Waals surface area contributed by atoms with Gasteiger partial charge in [0.1, 0.15) is 5.56 Å². The van der Waals surface area contributed by atoms with Crippen LogP contribution in [-0.4, -0.2) is 70.9 Å². The van der Waals surface area contributed by atoms with Gasteiger partial charge < -0.3 is 29.9 Å². The van der Waals surface area contributed by atoms with Crippen LogP contribution in [0.1, 0.15) is 40.9 Å². The number of anilines is 3. The van der Waals surface area contributed by atoms with E-state index in [9.17, 15) is 9.59 Å². The Morgan fingerprint density at radius 3 is 2.36 bits per heavy atom. The molecule has 10 nitrogen and oxygen atoms in total. The van der Waals surface area contributed by atoms with E-state index in [1.54, 1.807) is 12.1 Å². The van der Waals surface area contributed by atoms with Gasteiger partial charge in [0.05, 0.1) is 13.0 Å². The summed E-state index contributed by atoms with van der Waals surface area (Å²) < 4.78 is 11.9. The number of amides is 2. The zero-order chi connectivity index (χ0) is 31.9. The minimum absolute atomic E-state index is 0.0759. The molecule has 1 atom stereocenters. The van der Waals surface area contributed by atoms with Gasteiger partial charge in [-0.3, -0.25) is 9.59 Å². The predicted molar refractivity (Wildman–Crippen MR) is 176 cm³/mol. The van der Waals surface area contributed by atoms with Crippen LogP contribution < -0.4 is 20.1 Å². The maximum Gasteiger partial charge on any atom is 0.262 e. The molecular formula is C35H40N6O4. The fourth-order valence-electron chi connectivity index (χ4n) is 5.16. The maximum atomic E-state index is 13.5. The number of carbonyl (C=O) groups excluding carboxylic acids is 2. The monoisotopic (exact) mass is 608 g/mol. The molecule has 1 aliphatic rings. The van der Waals surface area contributed by atoms with Crippen LogP contribution in [0.5, 0.6) is 17.4 Å². The highest BCUT2D eigenvalue weighted by Gasteiger charge is 2.24. The summed E-state index contributed by atoms with van der Waals surface area (Å²) in [7, 11) is 2.09. The van der Waals surface area contributed by atoms with Crippen LogP contribution in [0.4, 0.5) is 17.3 Å². The largest absolute Gasteiger partial charge is 0.490 e. The second-order valence-electron chi connectivity index (χ2n) is 11.3. The second-order valence-corrected chi connectivity index (χ2v) is 11.3. The minimum Gasteiger partial charge on any atom is -0.490 e. The third kappa shape index (κ3) is 7.77. The van der Waals surface area contributed by atoms with Crippen LogP contribution >= 0.6 is 0 Å². The lowest BCUT2D eigenvalue weighted by Crippen LogP contribution is -2.52. The molecule has 4 aromatic rings. The Bertz CT molecular complexity index is 1640. The van der Waals surface area contributed by atoms with E-state index in [-0.39, 0.29) is 23.3 Å². The lowest BCUT2D eigenvalue weighted by atomic mass is 10.1. The average molecular weight is 609 g/mol. The molecule has 10 heteroatoms. The lowest BCUT2D eigenvalue weighted by Gasteiger charge is -2.37. The first kappa shape index (κ1) is 31.5. The molecule has 0 bridgehead atoms. The van der Waals surface area contributed by atoms with E-state index in [1.165, 1.54) is 6.20 Å². The third-order valence-corrected chi connectivity index (χ3v) is 7.95. The number of benzene rings is 3. The van der Waals surface area contributed by atoms with Gasteiger partial charge in [0.25, 0.3) is 5.91 Å². The molecule has 1 saturated heterocycles. The van der Waals surface area contributed by atoms with Crippen molar-refractivity contribution >= 4 is 29.1 Å². The van der Waals surface area contributed by atoms with E-state index in [4.69, 9.17) is 9.47 Å². The number of nitrogens with zero attached hydrogens (tertiary/aromatic N) is 4. The van der Waals surface area contributed by atoms with E-state index >= 15 is 0 Å². The highest BCUT2D eigenvalue weighted by Crippen LogP contribution is 2.33. The van der Waals surface area contributed by atoms with Crippen molar-refractivity contribution < 1.29 is 19.1 Å². The van der Waals surface area contributed by atoms with E-state index in [0.717, 1.165) is 47.7 Å². The quantitative estimate of drug-likeness (QED) is 0.226. The molecule has 1 fully saturated rings. The first-order chi connectivity index (χ1) is 21.7. The topological polar surface area (TPSA) is 109 Å². The van der Waals surface area contributed by atoms with E-state index < -0.39 is 5.91 Å². The zero-order valence-corrected chi connectivity index (χ0v) is 26.5. The molecular weight excluding hydrogens is 568 g/mol. The highest BCUT2D eigenvalue weighted by molar-refractivity contribution is 6.06. The smallest absolute Gasteiger partial charge is 0.262 e. The molecule has 1 aromatic heterocycles. The first-order valence-corrected chi connectivity index (χ1v) is 15.2. The van der Waals surface area contributed by atoms with Crippen molar-refractivity contribution in [2.75, 3.05) is 43.9 Å². The Morgan fingerprint density at radius 1 is 0.956 bits per heavy atom. The predicted octanol–water partition coefficient (Wildman–Crippen LogP) is 5.99. The molecule has 2 amide bonds. The number of rotatable bonds is 10. The summed E-state index contributed by atoms with van der Waals surface area (Å²) >= 11 is 0. The number of aromatic nitrogens is 2. The van der Waals surface area contributed by atoms with Crippen molar-refractivity contribution in [1.29, 1.82) is 0 Å². The van der Waals surface area contributed by atoms with Crippen LogP contribution in [0.2, 0.25) is 0 Å². The Labute approximate surface area is 264 Å². The number of hydrogen-bond acceptors (Lipinski definition) is 8. The molecule has 0 saturated carbocycles. The number of likely N-dealkylation sites (N-methyl/N-ethyl adjacent to an activating group) is 1. The number of carbonyl (C=O) groups is 2. The number of para-hydroxylation sites is 3. The molecule has 2 N–H and O–H groups in total. The SMILES string of the molecule is CCOc1ccccc1Oc1nc(Nc2ccc(CC(=O)N3CCN(C)C(C)C3)cc2)ncc1C(=O)Nc1c(C)cccc1C. The van der Waals surface area contributed by atoms with E-state index in [1.807, 2.05) is 80.3 Å². The van der Waals surface area contributed by atoms with Gasteiger partial charge in [-0.2, -0.15) is 4.98 Å². The Morgan fingerprint density at radius 2 is 1.67 bits per heavy atom. The molecule has 2 heterocycles. The standard InChI is InChI=1S/C35H40N6O4/c1-6-44-29-12-7-8-13-30(29)45-34-28(33(43)38-32-23(2)10-9-11-24(32)3)21-36-35(39-34)37-27-16-14-26(15-17-27)20-31(42)41-19-18-40(5)25(4)22-41/h7-17,21,25H,6,18-20,22H2,1-5H3,(H,38,43)(H,36,37,39). The van der Waals surface area contributed by atoms with Gasteiger partial charge in [-0.25, -0.2) is 4.98 Å². The van der Waals surface area contributed by atoms with Gasteiger partial charge in [0.2, 0.25) is 17.7 Å². The summed E-state index contributed by atoms with van der Waals surface area (Å²) in [5, 5.41) is 6.19. The maximum absolute atomic E-state index is 13.5. The fourth-order valence-corrected chi connectivity index (χ4v) is 5.16. The number of hydrogen-bond donors (Lipinski definition) is 2. The van der Waals surface area contributed by atoms with E-state index in [2.05, 4.69) is 39.5 Å². The van der Waals surface area contributed by atoms with Crippen LogP contribution in [0.15, 0.2) is 72.9 Å². The van der Waals surface area contributed by atoms with Gasteiger partial charge in [-0.15, -0.1) is 0 Å². The molecule has 0 spiro atoms. The van der Waals surface area contributed by atoms with Gasteiger partial charge in [-0.1, -0.05) is 42.5 Å². The Hall–Kier alpha value is -4.96. The molecule has 0 aliphatic carbocycles. The van der Waals surface area contributed by atoms with Crippen LogP contribution in [0, 0.1) is 13.8 Å². The van der Waals surface area contributed by atoms with Crippen LogP contribution in [-0.2, 0) is 11.2 Å². The van der Waals surface area contributed by atoms with Gasteiger partial charge in [0, 0.05) is 43.2 Å². The van der Waals surface area contributed by atoms with Gasteiger partial charge in [-0.05, 0) is 75.7 Å². The second kappa shape index (κ2) is 14.2. The fraction of sp³-hybridized carbons (Fsp3) is 0.314. The molecule has 1 unspecified atom stereocenters. The van der Waals surface area contributed by atoms with Crippen molar-refractivity contribution in [3.8, 4) is 17.4 Å². The summed E-state index contributed by atoms with van der Waals surface area (Å²) in [4.78, 5) is 39.7. The van der Waals surface area contributed by atoms with Crippen molar-refractivity contribution in [1.82, 2.24) is 19.8 Å². The van der Waals surface area contributed by atoms with Crippen LogP contribution in [0.25, 0.3) is 0 Å². The molecule has 3 aromatic carbocycles. The Kier molecular flexibility index (Phi) is 9.94. The Balaban J connectivity index is 1.35. The molecule has 1 aliphatic heterocycles. The zero-order valence-electron chi connectivity index (χ0n) is 26.5. The lowest BCUT2D eigenvalue weighted by molar-refractivity contribution is -0.133. The normalized spacial score (nSPS) is 15.0. The number of aryl methyl sites for hydroxylation is 2. The van der Waals surface area contributed by atoms with Crippen molar-refractivity contribution in [3.63, 3.8) is 0 Å². The number of piperazine rings is 1. The summed E-state index contributed by atoms with van der Waals surface area (Å²) in [5.41, 5.74) is 4.43. The van der Waals surface area contributed by atoms with E-state index in [0.29, 0.717) is 30.6 Å². The summed E-state index contributed by atoms with van der Waals surface area (Å²) in [6.45, 7) is 10.7. The molecule has 0 radical (unpaired) electrons. The third-order valence-electron chi connectivity index (χ3n) is 7.95. The number of ether oxygens (including phenoxy) is 2. The summed E-state index contributed by atoms with van der Waals surface area (Å²) in [6, 6.07) is 21.0. The van der Waals surface area contributed by atoms with Crippen LogP contribution in [0.3, 0.4) is 0 Å². The highest BCUT2D eigenvalue weighted by atomic mass is 16.5. The molecule has 45 heavy (non-hydrogen) atoms. The summed E-state index contributed by atoms with van der Waals surface area (Å²) in [5.74, 6) is 1.01. The average Bonchev–Trinajstić information content (AvgIpc) is 3.02. The minimum atomic E-state index is -0.397. The molecule has 5 rings (SSSR count). The van der Waals surface area contributed by atoms with Gasteiger partial charge in [0.15, 0.2) is 11.5 Å². The van der Waals surface area contributed by atoms with Crippen molar-refractivity contribution in [3.05, 3.63) is 95.2 Å². The van der Waals surface area contributed by atoms with Crippen molar-refractivity contribution in [2.45, 2.75) is 40.2 Å². The number of nitrogens with one attached hydrogen (secondary N) is 2. The van der Waals surface area contributed by atoms with Gasteiger partial charge >= 0.3 is 0 Å².